The van der Waals surface area contributed by atoms with Crippen LogP contribution in [0.25, 0.3) is 0 Å². The summed E-state index contributed by atoms with van der Waals surface area (Å²) in [5, 5.41) is 11.5. The van der Waals surface area contributed by atoms with Gasteiger partial charge in [-0.25, -0.2) is 9.59 Å². The van der Waals surface area contributed by atoms with Gasteiger partial charge in [0.1, 0.15) is 5.60 Å². The van der Waals surface area contributed by atoms with Crippen LogP contribution in [-0.2, 0) is 9.53 Å². The quantitative estimate of drug-likeness (QED) is 0.776. The van der Waals surface area contributed by atoms with Crippen molar-refractivity contribution in [3.63, 3.8) is 0 Å². The number of ether oxygens (including phenoxy) is 1. The number of hydrogen-bond donors (Lipinski definition) is 3. The van der Waals surface area contributed by atoms with Gasteiger partial charge >= 0.3 is 12.1 Å². The second-order valence-electron chi connectivity index (χ2n) is 5.40. The minimum Gasteiger partial charge on any atom is -0.479 e. The molecule has 0 fully saturated rings. The number of amides is 2. The molecule has 7 nitrogen and oxygen atoms in total. The Morgan fingerprint density at radius 3 is 2.10 bits per heavy atom. The minimum atomic E-state index is -1.28. The molecule has 1 unspecified atom stereocenters. The largest absolute Gasteiger partial charge is 0.479 e. The fourth-order valence-corrected chi connectivity index (χ4v) is 1.55. The van der Waals surface area contributed by atoms with Gasteiger partial charge in [0.05, 0.1) is 0 Å². The lowest BCUT2D eigenvalue weighted by Crippen LogP contribution is -2.38. The molecule has 0 bridgehead atoms. The lowest BCUT2D eigenvalue weighted by Gasteiger charge is -2.22. The molecule has 1 rings (SSSR count). The Morgan fingerprint density at radius 1 is 1.19 bits per heavy atom. The smallest absolute Gasteiger partial charge is 0.408 e. The van der Waals surface area contributed by atoms with Crippen molar-refractivity contribution in [3.05, 3.63) is 35.4 Å². The summed E-state index contributed by atoms with van der Waals surface area (Å²) in [7, 11) is 0. The Kier molecular flexibility index (Phi) is 4.91. The molecule has 0 spiro atoms. The first kappa shape index (κ1) is 16.5. The number of benzene rings is 1. The highest BCUT2D eigenvalue weighted by Gasteiger charge is 2.25. The van der Waals surface area contributed by atoms with Gasteiger partial charge in [0.15, 0.2) is 6.04 Å². The van der Waals surface area contributed by atoms with E-state index in [1.54, 1.807) is 20.8 Å². The summed E-state index contributed by atoms with van der Waals surface area (Å²) >= 11 is 0. The Labute approximate surface area is 122 Å². The highest BCUT2D eigenvalue weighted by Crippen LogP contribution is 2.16. The van der Waals surface area contributed by atoms with E-state index in [0.29, 0.717) is 5.56 Å². The van der Waals surface area contributed by atoms with E-state index in [0.717, 1.165) is 0 Å². The van der Waals surface area contributed by atoms with Gasteiger partial charge in [-0.15, -0.1) is 0 Å². The van der Waals surface area contributed by atoms with Crippen LogP contribution in [-0.4, -0.2) is 28.7 Å². The van der Waals surface area contributed by atoms with Gasteiger partial charge in [0.2, 0.25) is 5.91 Å². The molecule has 1 aromatic carbocycles. The second kappa shape index (κ2) is 6.25. The third kappa shape index (κ3) is 5.13. The maximum atomic E-state index is 11.7. The maximum absolute atomic E-state index is 11.7. The molecule has 0 heterocycles. The van der Waals surface area contributed by atoms with Crippen molar-refractivity contribution in [2.75, 3.05) is 0 Å². The van der Waals surface area contributed by atoms with Gasteiger partial charge in [-0.2, -0.15) is 0 Å². The topological polar surface area (TPSA) is 119 Å². The number of carbonyl (C=O) groups excluding carboxylic acids is 2. The first-order valence-corrected chi connectivity index (χ1v) is 6.22. The van der Waals surface area contributed by atoms with Gasteiger partial charge in [-0.05, 0) is 38.5 Å². The van der Waals surface area contributed by atoms with Gasteiger partial charge < -0.3 is 20.9 Å². The molecule has 4 N–H and O–H groups in total. The molecule has 0 saturated carbocycles. The van der Waals surface area contributed by atoms with Crippen molar-refractivity contribution in [2.24, 2.45) is 5.73 Å². The van der Waals surface area contributed by atoms with Gasteiger partial charge in [0.25, 0.3) is 0 Å². The molecule has 1 aromatic rings. The lowest BCUT2D eigenvalue weighted by atomic mass is 10.0. The van der Waals surface area contributed by atoms with Crippen molar-refractivity contribution in [1.82, 2.24) is 5.32 Å². The predicted molar refractivity (Wildman–Crippen MR) is 74.7 cm³/mol. The summed E-state index contributed by atoms with van der Waals surface area (Å²) < 4.78 is 5.01. The molecular formula is C14H18N2O5. The van der Waals surface area contributed by atoms with E-state index in [1.165, 1.54) is 24.3 Å². The second-order valence-corrected chi connectivity index (χ2v) is 5.40. The highest BCUT2D eigenvalue weighted by atomic mass is 16.6. The number of primary amides is 1. The first-order chi connectivity index (χ1) is 9.60. The average Bonchev–Trinajstić information content (AvgIpc) is 2.33. The molecule has 0 radical (unpaired) electrons. The first-order valence-electron chi connectivity index (χ1n) is 6.22. The number of nitrogens with one attached hydrogen (secondary N) is 1. The monoisotopic (exact) mass is 294 g/mol. The van der Waals surface area contributed by atoms with Crippen LogP contribution in [0.4, 0.5) is 4.79 Å². The van der Waals surface area contributed by atoms with E-state index in [1.807, 2.05) is 0 Å². The molecule has 7 heteroatoms. The van der Waals surface area contributed by atoms with E-state index in [9.17, 15) is 19.5 Å². The van der Waals surface area contributed by atoms with Crippen molar-refractivity contribution in [1.29, 1.82) is 0 Å². The lowest BCUT2D eigenvalue weighted by molar-refractivity contribution is -0.139. The Hall–Kier alpha value is -2.57. The van der Waals surface area contributed by atoms with Crippen LogP contribution in [0.3, 0.4) is 0 Å². The normalized spacial score (nSPS) is 12.3. The van der Waals surface area contributed by atoms with Crippen molar-refractivity contribution >= 4 is 18.0 Å². The number of alkyl carbamates (subject to hydrolysis) is 1. The number of carboxylic acid groups (broad SMARTS) is 1. The number of nitrogens with two attached hydrogens (primary N) is 1. The van der Waals surface area contributed by atoms with E-state index in [2.05, 4.69) is 5.32 Å². The average molecular weight is 294 g/mol. The SMILES string of the molecule is CC(C)(C)OC(=O)NC(C(=O)O)c1ccc(C(N)=O)cc1. The van der Waals surface area contributed by atoms with Crippen LogP contribution >= 0.6 is 0 Å². The number of carbonyl (C=O) groups is 3. The van der Waals surface area contributed by atoms with Crippen LogP contribution in [0.15, 0.2) is 24.3 Å². The fraction of sp³-hybridized carbons (Fsp3) is 0.357. The van der Waals surface area contributed by atoms with Crippen LogP contribution in [0.5, 0.6) is 0 Å². The van der Waals surface area contributed by atoms with Crippen LogP contribution in [0.2, 0.25) is 0 Å². The summed E-state index contributed by atoms with van der Waals surface area (Å²) in [4.78, 5) is 33.9. The zero-order valence-corrected chi connectivity index (χ0v) is 12.0. The molecule has 1 atom stereocenters. The van der Waals surface area contributed by atoms with Gasteiger partial charge in [-0.1, -0.05) is 12.1 Å². The summed E-state index contributed by atoms with van der Waals surface area (Å²) in [6, 6.07) is 4.34. The molecule has 2 amide bonds. The molecule has 0 aliphatic rings. The minimum absolute atomic E-state index is 0.250. The Bertz CT molecular complexity index is 545. The predicted octanol–water partition coefficient (Wildman–Crippen LogP) is 1.44. The van der Waals surface area contributed by atoms with Gasteiger partial charge in [0, 0.05) is 5.56 Å². The summed E-state index contributed by atoms with van der Waals surface area (Å²) in [5.74, 6) is -1.86. The van der Waals surface area contributed by atoms with E-state index in [-0.39, 0.29) is 5.56 Å². The molecule has 21 heavy (non-hydrogen) atoms. The maximum Gasteiger partial charge on any atom is 0.408 e. The molecule has 0 aliphatic heterocycles. The third-order valence-corrected chi connectivity index (χ3v) is 2.44. The van der Waals surface area contributed by atoms with E-state index < -0.39 is 29.6 Å². The summed E-state index contributed by atoms with van der Waals surface area (Å²) in [5.41, 5.74) is 4.93. The standard InChI is InChI=1S/C14H18N2O5/c1-14(2,3)21-13(20)16-10(12(18)19)8-4-6-9(7-5-8)11(15)17/h4-7,10H,1-3H3,(H2,15,17)(H,16,20)(H,18,19). The van der Waals surface area contributed by atoms with E-state index in [4.69, 9.17) is 10.5 Å². The molecule has 0 saturated heterocycles. The van der Waals surface area contributed by atoms with Gasteiger partial charge in [-0.3, -0.25) is 4.79 Å². The van der Waals surface area contributed by atoms with Crippen LogP contribution < -0.4 is 11.1 Å². The van der Waals surface area contributed by atoms with Crippen LogP contribution in [0, 0.1) is 0 Å². The van der Waals surface area contributed by atoms with Crippen LogP contribution in [0.1, 0.15) is 42.7 Å². The summed E-state index contributed by atoms with van der Waals surface area (Å²) in [6.07, 6.45) is -0.839. The van der Waals surface area contributed by atoms with E-state index >= 15 is 0 Å². The zero-order valence-electron chi connectivity index (χ0n) is 12.0. The number of rotatable bonds is 4. The molecule has 0 aromatic heterocycles. The number of carboxylic acids is 1. The van der Waals surface area contributed by atoms with Crippen molar-refractivity contribution < 1.29 is 24.2 Å². The molecule has 114 valence electrons. The summed E-state index contributed by atoms with van der Waals surface area (Å²) in [6.45, 7) is 5.01. The third-order valence-electron chi connectivity index (χ3n) is 2.44. The van der Waals surface area contributed by atoms with Crippen molar-refractivity contribution in [2.45, 2.75) is 32.4 Å². The highest BCUT2D eigenvalue weighted by molar-refractivity contribution is 5.93. The Morgan fingerprint density at radius 2 is 1.71 bits per heavy atom. The molecule has 0 aliphatic carbocycles. The Balaban J connectivity index is 2.89. The number of hydrogen-bond acceptors (Lipinski definition) is 4. The van der Waals surface area contributed by atoms with Crippen molar-refractivity contribution in [3.8, 4) is 0 Å². The zero-order chi connectivity index (χ0) is 16.2. The fourth-order valence-electron chi connectivity index (χ4n) is 1.55. The number of aliphatic carboxylic acids is 1. The molecular weight excluding hydrogens is 276 g/mol.